The third kappa shape index (κ3) is 9.82. The van der Waals surface area contributed by atoms with E-state index >= 15 is 0 Å². The molecular formula is C36H37BrClIO6. The predicted octanol–water partition coefficient (Wildman–Crippen LogP) is 8.39. The second kappa shape index (κ2) is 17.3. The van der Waals surface area contributed by atoms with E-state index in [0.717, 1.165) is 30.3 Å². The van der Waals surface area contributed by atoms with Crippen molar-refractivity contribution in [2.24, 2.45) is 0 Å². The molecule has 0 aliphatic carbocycles. The Balaban J connectivity index is 1.48. The van der Waals surface area contributed by atoms with Crippen molar-refractivity contribution in [2.45, 2.75) is 63.1 Å². The van der Waals surface area contributed by atoms with Crippen LogP contribution in [-0.2, 0) is 54.7 Å². The van der Waals surface area contributed by atoms with Crippen LogP contribution in [0.4, 0.5) is 0 Å². The van der Waals surface area contributed by atoms with Gasteiger partial charge < -0.3 is 28.4 Å². The number of benzene rings is 4. The molecule has 1 aliphatic heterocycles. The average Bonchev–Trinajstić information content (AvgIpc) is 3.07. The molecule has 0 aromatic heterocycles. The highest BCUT2D eigenvalue weighted by molar-refractivity contribution is 14.1. The van der Waals surface area contributed by atoms with Gasteiger partial charge in [0.1, 0.15) is 24.4 Å². The molecule has 4 aromatic rings. The molecule has 0 radical (unpaired) electrons. The van der Waals surface area contributed by atoms with Gasteiger partial charge in [0.15, 0.2) is 6.29 Å². The van der Waals surface area contributed by atoms with Gasteiger partial charge in [-0.1, -0.05) is 94.3 Å². The van der Waals surface area contributed by atoms with Gasteiger partial charge >= 0.3 is 0 Å². The van der Waals surface area contributed by atoms with E-state index < -0.39 is 30.7 Å². The Labute approximate surface area is 292 Å². The van der Waals surface area contributed by atoms with Gasteiger partial charge in [-0.05, 0) is 81.2 Å². The topological polar surface area (TPSA) is 55.4 Å². The highest BCUT2D eigenvalue weighted by Crippen LogP contribution is 2.34. The van der Waals surface area contributed by atoms with Crippen LogP contribution in [0.25, 0.3) is 0 Å². The summed E-state index contributed by atoms with van der Waals surface area (Å²) in [6.07, 6.45) is -2.69. The molecule has 0 bridgehead atoms. The summed E-state index contributed by atoms with van der Waals surface area (Å²) in [6.45, 7) is 1.03. The number of hydrogen-bond donors (Lipinski definition) is 0. The van der Waals surface area contributed by atoms with E-state index in [9.17, 15) is 0 Å². The highest BCUT2D eigenvalue weighted by Gasteiger charge is 2.51. The minimum Gasteiger partial charge on any atom is -0.378 e. The molecular weight excluding hydrogens is 771 g/mol. The smallest absolute Gasteiger partial charge is 0.186 e. The molecule has 5 rings (SSSR count). The first kappa shape index (κ1) is 34.5. The van der Waals surface area contributed by atoms with E-state index in [0.29, 0.717) is 31.3 Å². The molecule has 0 saturated carbocycles. The van der Waals surface area contributed by atoms with E-state index in [4.69, 9.17) is 40.0 Å². The second-order valence-electron chi connectivity index (χ2n) is 10.9. The molecule has 4 aromatic carbocycles. The summed E-state index contributed by atoms with van der Waals surface area (Å²) >= 11 is 12.0. The molecule has 45 heavy (non-hydrogen) atoms. The van der Waals surface area contributed by atoms with E-state index in [2.05, 4.69) is 74.9 Å². The zero-order valence-corrected chi connectivity index (χ0v) is 29.7. The van der Waals surface area contributed by atoms with Gasteiger partial charge in [0, 0.05) is 33.7 Å². The minimum absolute atomic E-state index is 0.323. The molecule has 1 heterocycles. The quantitative estimate of drug-likeness (QED) is 0.120. The van der Waals surface area contributed by atoms with Crippen molar-refractivity contribution in [1.82, 2.24) is 0 Å². The zero-order valence-electron chi connectivity index (χ0n) is 25.2. The van der Waals surface area contributed by atoms with Gasteiger partial charge in [-0.15, -0.1) is 0 Å². The monoisotopic (exact) mass is 806 g/mol. The average molecular weight is 808 g/mol. The number of methoxy groups -OCH3 is 2. The van der Waals surface area contributed by atoms with Crippen molar-refractivity contribution in [3.05, 3.63) is 138 Å². The lowest BCUT2D eigenvalue weighted by Crippen LogP contribution is -2.63. The Kier molecular flexibility index (Phi) is 13.3. The Morgan fingerprint density at radius 1 is 0.689 bits per heavy atom. The first-order valence-electron chi connectivity index (χ1n) is 14.8. The van der Waals surface area contributed by atoms with Gasteiger partial charge in [0.25, 0.3) is 0 Å². The van der Waals surface area contributed by atoms with Crippen LogP contribution in [0.2, 0.25) is 5.02 Å². The molecule has 9 heteroatoms. The molecule has 6 atom stereocenters. The van der Waals surface area contributed by atoms with Crippen LogP contribution in [0.3, 0.4) is 0 Å². The van der Waals surface area contributed by atoms with Gasteiger partial charge in [-0.25, -0.2) is 0 Å². The third-order valence-corrected chi connectivity index (χ3v) is 9.28. The van der Waals surface area contributed by atoms with Crippen molar-refractivity contribution < 1.29 is 28.4 Å². The summed E-state index contributed by atoms with van der Waals surface area (Å²) in [4.78, 5) is 0. The summed E-state index contributed by atoms with van der Waals surface area (Å²) in [6, 6.07) is 34.2. The van der Waals surface area contributed by atoms with Gasteiger partial charge in [0.05, 0.1) is 25.9 Å². The van der Waals surface area contributed by atoms with Crippen LogP contribution < -0.4 is 0 Å². The lowest BCUT2D eigenvalue weighted by atomic mass is 9.91. The van der Waals surface area contributed by atoms with Crippen LogP contribution in [0.1, 0.15) is 22.3 Å². The van der Waals surface area contributed by atoms with E-state index in [1.54, 1.807) is 14.2 Å². The van der Waals surface area contributed by atoms with Gasteiger partial charge in [-0.2, -0.15) is 0 Å². The van der Waals surface area contributed by atoms with Crippen LogP contribution >= 0.6 is 50.1 Å². The van der Waals surface area contributed by atoms with Crippen LogP contribution in [0.5, 0.6) is 0 Å². The Bertz CT molecular complexity index is 1440. The fraction of sp³-hybridized carbons (Fsp3) is 0.333. The molecule has 1 saturated heterocycles. The fourth-order valence-electron chi connectivity index (χ4n) is 5.38. The number of halogens is 3. The summed E-state index contributed by atoms with van der Waals surface area (Å²) < 4.78 is 41.0. The van der Waals surface area contributed by atoms with Crippen LogP contribution in [0.15, 0.2) is 108 Å². The normalized spacial score (nSPS) is 22.3. The van der Waals surface area contributed by atoms with Crippen molar-refractivity contribution in [1.29, 1.82) is 0 Å². The molecule has 0 amide bonds. The van der Waals surface area contributed by atoms with Crippen LogP contribution in [-0.4, -0.2) is 51.0 Å². The Morgan fingerprint density at radius 2 is 1.22 bits per heavy atom. The molecule has 0 N–H and O–H groups in total. The Hall–Kier alpha value is -1.86. The first-order chi connectivity index (χ1) is 21.9. The van der Waals surface area contributed by atoms with Crippen molar-refractivity contribution in [3.8, 4) is 0 Å². The number of hydrogen-bond acceptors (Lipinski definition) is 6. The fourth-order valence-corrected chi connectivity index (χ4v) is 6.13. The standard InChI is InChI=1S/C36H37BrClIO6/c1-40-31(20-24-6-4-3-5-7-24)32-33(42-22-26-10-16-29(38)17-11-26)34(43-21-25-8-14-28(37)15-9-25)35(36(41-2)45-32)44-23-27-12-18-30(39)19-13-27/h3-19,31-36H,20-23H2,1-2H3/t31?,32-,33-,34+,35-,36+/m1/s1. The maximum absolute atomic E-state index is 6.75. The van der Waals surface area contributed by atoms with Crippen molar-refractivity contribution in [3.63, 3.8) is 0 Å². The predicted molar refractivity (Wildman–Crippen MR) is 187 cm³/mol. The van der Waals surface area contributed by atoms with Crippen molar-refractivity contribution >= 4 is 50.1 Å². The largest absolute Gasteiger partial charge is 0.378 e. The first-order valence-corrected chi connectivity index (χ1v) is 17.0. The third-order valence-electron chi connectivity index (χ3n) is 7.78. The molecule has 6 nitrogen and oxygen atoms in total. The minimum atomic E-state index is -0.724. The van der Waals surface area contributed by atoms with Crippen LogP contribution in [0, 0.1) is 3.57 Å². The SMILES string of the molecule is COC(Cc1ccccc1)[C@H]1O[C@H](OC)[C@H](OCc2ccc(I)cc2)[C@@H](OCc2ccc(Br)cc2)[C@@H]1OCc1ccc(Cl)cc1. The Morgan fingerprint density at radius 3 is 1.80 bits per heavy atom. The summed E-state index contributed by atoms with van der Waals surface area (Å²) in [5, 5.41) is 0.669. The van der Waals surface area contributed by atoms with E-state index in [1.165, 1.54) is 0 Å². The summed E-state index contributed by atoms with van der Waals surface area (Å²) in [7, 11) is 3.33. The number of rotatable bonds is 14. The summed E-state index contributed by atoms with van der Waals surface area (Å²) in [5.74, 6) is 0. The van der Waals surface area contributed by atoms with Gasteiger partial charge in [0.2, 0.25) is 0 Å². The maximum Gasteiger partial charge on any atom is 0.186 e. The second-order valence-corrected chi connectivity index (χ2v) is 13.5. The van der Waals surface area contributed by atoms with E-state index in [-0.39, 0.29) is 6.10 Å². The maximum atomic E-state index is 6.75. The lowest BCUT2D eigenvalue weighted by Gasteiger charge is -2.47. The lowest BCUT2D eigenvalue weighted by molar-refractivity contribution is -0.330. The molecule has 0 spiro atoms. The van der Waals surface area contributed by atoms with Gasteiger partial charge in [-0.3, -0.25) is 0 Å². The van der Waals surface area contributed by atoms with Crippen molar-refractivity contribution in [2.75, 3.05) is 14.2 Å². The molecule has 1 fully saturated rings. The molecule has 238 valence electrons. The zero-order chi connectivity index (χ0) is 31.6. The number of ether oxygens (including phenoxy) is 6. The molecule has 1 unspecified atom stereocenters. The summed E-state index contributed by atoms with van der Waals surface area (Å²) in [5.41, 5.74) is 4.17. The van der Waals surface area contributed by atoms with E-state index in [1.807, 2.05) is 66.7 Å². The highest BCUT2D eigenvalue weighted by atomic mass is 127. The molecule has 1 aliphatic rings.